The Bertz CT molecular complexity index is 451. The summed E-state index contributed by atoms with van der Waals surface area (Å²) in [5.41, 5.74) is 0.377. The molecule has 0 heterocycles. The Kier molecular flexibility index (Phi) is 4.68. The summed E-state index contributed by atoms with van der Waals surface area (Å²) >= 11 is 0. The third-order valence-corrected chi connectivity index (χ3v) is 2.34. The fraction of sp³-hybridized carbons (Fsp3) is 0.308. The van der Waals surface area contributed by atoms with E-state index in [1.165, 1.54) is 12.1 Å². The highest BCUT2D eigenvalue weighted by molar-refractivity contribution is 5.87. The van der Waals surface area contributed by atoms with E-state index >= 15 is 0 Å². The van der Waals surface area contributed by atoms with Crippen LogP contribution in [0.2, 0.25) is 0 Å². The second-order valence-corrected chi connectivity index (χ2v) is 3.81. The molecule has 0 amide bonds. The predicted octanol–water partition coefficient (Wildman–Crippen LogP) is 2.03. The number of aromatic carboxylic acids is 1. The van der Waals surface area contributed by atoms with E-state index in [0.29, 0.717) is 18.5 Å². The van der Waals surface area contributed by atoms with Crippen molar-refractivity contribution in [2.24, 2.45) is 0 Å². The molecular weight excluding hydrogens is 221 g/mol. The zero-order valence-electron chi connectivity index (χ0n) is 9.53. The molecule has 0 aliphatic rings. The van der Waals surface area contributed by atoms with Crippen LogP contribution in [0.4, 0.5) is 4.39 Å². The molecule has 1 unspecified atom stereocenters. The van der Waals surface area contributed by atoms with Crippen molar-refractivity contribution in [1.29, 1.82) is 0 Å². The second-order valence-electron chi connectivity index (χ2n) is 3.81. The molecule has 0 bridgehead atoms. The fourth-order valence-corrected chi connectivity index (χ4v) is 1.38. The molecule has 17 heavy (non-hydrogen) atoms. The van der Waals surface area contributed by atoms with E-state index in [9.17, 15) is 9.18 Å². The third-order valence-electron chi connectivity index (χ3n) is 2.34. The third kappa shape index (κ3) is 3.89. The molecule has 0 saturated heterocycles. The summed E-state index contributed by atoms with van der Waals surface area (Å²) in [5, 5.41) is 11.8. The molecule has 0 aliphatic heterocycles. The van der Waals surface area contributed by atoms with Gasteiger partial charge in [0, 0.05) is 19.0 Å². The fourth-order valence-electron chi connectivity index (χ4n) is 1.38. The average molecular weight is 235 g/mol. The van der Waals surface area contributed by atoms with Crippen molar-refractivity contribution in [3.8, 4) is 12.3 Å². The number of halogens is 1. The zero-order chi connectivity index (χ0) is 12.8. The molecule has 3 nitrogen and oxygen atoms in total. The minimum absolute atomic E-state index is 0.141. The highest BCUT2D eigenvalue weighted by Crippen LogP contribution is 2.10. The molecule has 0 fully saturated rings. The van der Waals surface area contributed by atoms with Gasteiger partial charge in [-0.15, -0.1) is 12.3 Å². The Morgan fingerprint density at radius 3 is 2.88 bits per heavy atom. The van der Waals surface area contributed by atoms with E-state index in [0.717, 1.165) is 0 Å². The first-order chi connectivity index (χ1) is 8.04. The minimum Gasteiger partial charge on any atom is -0.478 e. The quantitative estimate of drug-likeness (QED) is 0.768. The van der Waals surface area contributed by atoms with Crippen LogP contribution in [0.5, 0.6) is 0 Å². The molecule has 90 valence electrons. The molecule has 0 radical (unpaired) electrons. The van der Waals surface area contributed by atoms with Gasteiger partial charge in [-0.3, -0.25) is 0 Å². The standard InChI is InChI=1S/C13H14FNO2/c1-3-4-9(2)15-8-10-5-6-11(13(16)17)12(14)7-10/h1,5-7,9,15H,4,8H2,2H3,(H,16,17). The summed E-state index contributed by atoms with van der Waals surface area (Å²) in [7, 11) is 0. The van der Waals surface area contributed by atoms with Gasteiger partial charge in [0.15, 0.2) is 0 Å². The maximum atomic E-state index is 13.3. The van der Waals surface area contributed by atoms with E-state index in [4.69, 9.17) is 11.5 Å². The molecule has 2 N–H and O–H groups in total. The van der Waals surface area contributed by atoms with E-state index in [1.54, 1.807) is 6.07 Å². The number of nitrogens with one attached hydrogen (secondary N) is 1. The summed E-state index contributed by atoms with van der Waals surface area (Å²) in [6.45, 7) is 2.39. The summed E-state index contributed by atoms with van der Waals surface area (Å²) in [4.78, 5) is 10.6. The molecule has 1 rings (SSSR count). The van der Waals surface area contributed by atoms with Crippen LogP contribution < -0.4 is 5.32 Å². The molecule has 0 saturated carbocycles. The van der Waals surface area contributed by atoms with Crippen molar-refractivity contribution < 1.29 is 14.3 Å². The molecule has 1 aromatic carbocycles. The van der Waals surface area contributed by atoms with E-state index in [1.807, 2.05) is 6.92 Å². The van der Waals surface area contributed by atoms with Crippen LogP contribution in [0.15, 0.2) is 18.2 Å². The van der Waals surface area contributed by atoms with Gasteiger partial charge in [0.05, 0.1) is 5.56 Å². The van der Waals surface area contributed by atoms with Gasteiger partial charge >= 0.3 is 5.97 Å². The van der Waals surface area contributed by atoms with Crippen LogP contribution in [-0.2, 0) is 6.54 Å². The van der Waals surface area contributed by atoms with Gasteiger partial charge in [-0.2, -0.15) is 0 Å². The maximum Gasteiger partial charge on any atom is 0.338 e. The number of terminal acetylenes is 1. The SMILES string of the molecule is C#CCC(C)NCc1ccc(C(=O)O)c(F)c1. The Morgan fingerprint density at radius 2 is 2.35 bits per heavy atom. The smallest absolute Gasteiger partial charge is 0.338 e. The first-order valence-corrected chi connectivity index (χ1v) is 5.23. The minimum atomic E-state index is -1.26. The van der Waals surface area contributed by atoms with Gasteiger partial charge in [0.25, 0.3) is 0 Å². The van der Waals surface area contributed by atoms with Gasteiger partial charge < -0.3 is 10.4 Å². The van der Waals surface area contributed by atoms with Crippen molar-refractivity contribution in [2.45, 2.75) is 25.9 Å². The van der Waals surface area contributed by atoms with Crippen LogP contribution in [0, 0.1) is 18.2 Å². The lowest BCUT2D eigenvalue weighted by Gasteiger charge is -2.11. The number of benzene rings is 1. The molecule has 4 heteroatoms. The van der Waals surface area contributed by atoms with Crippen molar-refractivity contribution in [2.75, 3.05) is 0 Å². The molecule has 0 spiro atoms. The van der Waals surface area contributed by atoms with E-state index < -0.39 is 11.8 Å². The van der Waals surface area contributed by atoms with Crippen molar-refractivity contribution in [1.82, 2.24) is 5.32 Å². The summed E-state index contributed by atoms with van der Waals surface area (Å²) in [6.07, 6.45) is 5.75. The lowest BCUT2D eigenvalue weighted by molar-refractivity contribution is 0.0692. The number of rotatable bonds is 5. The highest BCUT2D eigenvalue weighted by atomic mass is 19.1. The topological polar surface area (TPSA) is 49.3 Å². The van der Waals surface area contributed by atoms with Gasteiger partial charge in [-0.1, -0.05) is 6.07 Å². The van der Waals surface area contributed by atoms with Crippen molar-refractivity contribution in [3.05, 3.63) is 35.1 Å². The van der Waals surface area contributed by atoms with Gasteiger partial charge in [0.1, 0.15) is 5.82 Å². The number of carbonyl (C=O) groups is 1. The van der Waals surface area contributed by atoms with Gasteiger partial charge in [0.2, 0.25) is 0 Å². The first kappa shape index (κ1) is 13.2. The van der Waals surface area contributed by atoms with Crippen LogP contribution in [0.3, 0.4) is 0 Å². The summed E-state index contributed by atoms with van der Waals surface area (Å²) in [6, 6.07) is 4.21. The van der Waals surface area contributed by atoms with Gasteiger partial charge in [-0.25, -0.2) is 9.18 Å². The molecule has 1 atom stereocenters. The highest BCUT2D eigenvalue weighted by Gasteiger charge is 2.10. The lowest BCUT2D eigenvalue weighted by atomic mass is 10.1. The van der Waals surface area contributed by atoms with Crippen LogP contribution in [0.25, 0.3) is 0 Å². The number of hydrogen-bond donors (Lipinski definition) is 2. The summed E-state index contributed by atoms with van der Waals surface area (Å²) < 4.78 is 13.3. The summed E-state index contributed by atoms with van der Waals surface area (Å²) in [5.74, 6) is 0.543. The first-order valence-electron chi connectivity index (χ1n) is 5.23. The second kappa shape index (κ2) is 6.02. The zero-order valence-corrected chi connectivity index (χ0v) is 9.53. The normalized spacial score (nSPS) is 11.8. The van der Waals surface area contributed by atoms with E-state index in [-0.39, 0.29) is 11.6 Å². The van der Waals surface area contributed by atoms with Crippen molar-refractivity contribution >= 4 is 5.97 Å². The molecule has 0 aromatic heterocycles. The molecule has 1 aromatic rings. The predicted molar refractivity (Wildman–Crippen MR) is 63.1 cm³/mol. The molecule has 0 aliphatic carbocycles. The van der Waals surface area contributed by atoms with E-state index in [2.05, 4.69) is 11.2 Å². The van der Waals surface area contributed by atoms with Crippen LogP contribution >= 0.6 is 0 Å². The monoisotopic (exact) mass is 235 g/mol. The maximum absolute atomic E-state index is 13.3. The van der Waals surface area contributed by atoms with Crippen LogP contribution in [-0.4, -0.2) is 17.1 Å². The van der Waals surface area contributed by atoms with Crippen LogP contribution in [0.1, 0.15) is 29.3 Å². The Labute approximate surface area is 99.7 Å². The Balaban J connectivity index is 2.65. The van der Waals surface area contributed by atoms with Gasteiger partial charge in [-0.05, 0) is 24.6 Å². The largest absolute Gasteiger partial charge is 0.478 e. The van der Waals surface area contributed by atoms with Crippen molar-refractivity contribution in [3.63, 3.8) is 0 Å². The number of hydrogen-bond acceptors (Lipinski definition) is 2. The molecular formula is C13H14FNO2. The Hall–Kier alpha value is -1.86. The number of carboxylic acid groups (broad SMARTS) is 1. The lowest BCUT2D eigenvalue weighted by Crippen LogP contribution is -2.24. The number of carboxylic acids is 1. The Morgan fingerprint density at radius 1 is 1.65 bits per heavy atom. The average Bonchev–Trinajstić information content (AvgIpc) is 2.26.